The van der Waals surface area contributed by atoms with E-state index in [0.717, 1.165) is 6.42 Å². The zero-order valence-corrected chi connectivity index (χ0v) is 9.45. The molecule has 0 aliphatic heterocycles. The normalized spacial score (nSPS) is 11.5. The van der Waals surface area contributed by atoms with Gasteiger partial charge in [-0.1, -0.05) is 6.92 Å². The third kappa shape index (κ3) is 3.13. The summed E-state index contributed by atoms with van der Waals surface area (Å²) in [5.41, 5.74) is 0.243. The van der Waals surface area contributed by atoms with Gasteiger partial charge in [0.05, 0.1) is 5.69 Å². The molecule has 1 rings (SSSR count). The van der Waals surface area contributed by atoms with Crippen LogP contribution in [-0.4, -0.2) is 15.9 Å². The minimum Gasteiger partial charge on any atom is -0.384 e. The SMILES string of the molecule is CCCC(=O)c1ccc(C(C)(C)O)nc1. The number of pyridine rings is 1. The first-order chi connectivity index (χ1) is 6.95. The number of Topliss-reactive ketones (excluding diaryl/α,β-unsaturated/α-hetero) is 1. The lowest BCUT2D eigenvalue weighted by Gasteiger charge is -2.16. The van der Waals surface area contributed by atoms with Gasteiger partial charge in [-0.05, 0) is 32.4 Å². The topological polar surface area (TPSA) is 50.2 Å². The molecule has 0 bridgehead atoms. The fraction of sp³-hybridized carbons (Fsp3) is 0.500. The second-order valence-electron chi connectivity index (χ2n) is 4.16. The third-order valence-electron chi connectivity index (χ3n) is 2.19. The number of hydrogen-bond acceptors (Lipinski definition) is 3. The van der Waals surface area contributed by atoms with Crippen molar-refractivity contribution in [1.82, 2.24) is 4.98 Å². The molecule has 82 valence electrons. The van der Waals surface area contributed by atoms with E-state index in [-0.39, 0.29) is 5.78 Å². The van der Waals surface area contributed by atoms with Gasteiger partial charge in [-0.15, -0.1) is 0 Å². The third-order valence-corrected chi connectivity index (χ3v) is 2.19. The largest absolute Gasteiger partial charge is 0.384 e. The lowest BCUT2D eigenvalue weighted by atomic mass is 10.0. The average molecular weight is 207 g/mol. The highest BCUT2D eigenvalue weighted by Gasteiger charge is 2.17. The van der Waals surface area contributed by atoms with E-state index >= 15 is 0 Å². The van der Waals surface area contributed by atoms with Gasteiger partial charge >= 0.3 is 0 Å². The summed E-state index contributed by atoms with van der Waals surface area (Å²) in [7, 11) is 0. The molecule has 1 aromatic rings. The van der Waals surface area contributed by atoms with Crippen molar-refractivity contribution in [2.75, 3.05) is 0 Å². The van der Waals surface area contributed by atoms with Crippen molar-refractivity contribution in [2.45, 2.75) is 39.2 Å². The Bertz CT molecular complexity index is 336. The summed E-state index contributed by atoms with van der Waals surface area (Å²) >= 11 is 0. The van der Waals surface area contributed by atoms with Crippen LogP contribution < -0.4 is 0 Å². The molecule has 1 heterocycles. The van der Waals surface area contributed by atoms with E-state index in [9.17, 15) is 9.90 Å². The lowest BCUT2D eigenvalue weighted by Crippen LogP contribution is -2.17. The maximum absolute atomic E-state index is 11.5. The van der Waals surface area contributed by atoms with Gasteiger partial charge in [-0.2, -0.15) is 0 Å². The molecule has 3 nitrogen and oxygen atoms in total. The van der Waals surface area contributed by atoms with Gasteiger partial charge in [0.25, 0.3) is 0 Å². The Morgan fingerprint density at radius 1 is 1.47 bits per heavy atom. The van der Waals surface area contributed by atoms with Crippen LogP contribution in [0.4, 0.5) is 0 Å². The van der Waals surface area contributed by atoms with Crippen molar-refractivity contribution in [2.24, 2.45) is 0 Å². The van der Waals surface area contributed by atoms with E-state index in [1.54, 1.807) is 26.0 Å². The first kappa shape index (κ1) is 11.9. The van der Waals surface area contributed by atoms with Crippen molar-refractivity contribution in [3.63, 3.8) is 0 Å². The molecule has 0 aliphatic rings. The Balaban J connectivity index is 2.86. The van der Waals surface area contributed by atoms with Crippen LogP contribution in [0.3, 0.4) is 0 Å². The summed E-state index contributed by atoms with van der Waals surface area (Å²) in [6.45, 7) is 5.31. The first-order valence-corrected chi connectivity index (χ1v) is 5.17. The van der Waals surface area contributed by atoms with Crippen molar-refractivity contribution in [3.05, 3.63) is 29.6 Å². The molecule has 0 unspecified atom stereocenters. The molecule has 0 fully saturated rings. The molecule has 3 heteroatoms. The standard InChI is InChI=1S/C12H17NO2/c1-4-5-10(14)9-6-7-11(13-8-9)12(2,3)15/h6-8,15H,4-5H2,1-3H3. The van der Waals surface area contributed by atoms with Crippen LogP contribution in [-0.2, 0) is 5.60 Å². The van der Waals surface area contributed by atoms with E-state index in [2.05, 4.69) is 4.98 Å². The first-order valence-electron chi connectivity index (χ1n) is 5.17. The molecule has 1 aromatic heterocycles. The molecule has 0 amide bonds. The summed E-state index contributed by atoms with van der Waals surface area (Å²) in [6.07, 6.45) is 2.92. The summed E-state index contributed by atoms with van der Waals surface area (Å²) in [5, 5.41) is 9.67. The molecule has 15 heavy (non-hydrogen) atoms. The summed E-state index contributed by atoms with van der Waals surface area (Å²) in [6, 6.07) is 3.42. The fourth-order valence-corrected chi connectivity index (χ4v) is 1.29. The van der Waals surface area contributed by atoms with Gasteiger partial charge in [-0.3, -0.25) is 9.78 Å². The Labute approximate surface area is 90.2 Å². The summed E-state index contributed by atoms with van der Waals surface area (Å²) in [5.74, 6) is 0.104. The van der Waals surface area contributed by atoms with Gasteiger partial charge < -0.3 is 5.11 Å². The fourth-order valence-electron chi connectivity index (χ4n) is 1.29. The lowest BCUT2D eigenvalue weighted by molar-refractivity contribution is 0.0736. The van der Waals surface area contributed by atoms with E-state index in [4.69, 9.17) is 0 Å². The average Bonchev–Trinajstić information content (AvgIpc) is 2.17. The van der Waals surface area contributed by atoms with Crippen molar-refractivity contribution in [1.29, 1.82) is 0 Å². The molecule has 1 N–H and O–H groups in total. The van der Waals surface area contributed by atoms with Gasteiger partial charge in [0, 0.05) is 18.2 Å². The number of rotatable bonds is 4. The predicted octanol–water partition coefficient (Wildman–Crippen LogP) is 2.29. The Morgan fingerprint density at radius 2 is 2.13 bits per heavy atom. The molecule has 0 spiro atoms. The molecular weight excluding hydrogens is 190 g/mol. The molecule has 0 atom stereocenters. The highest BCUT2D eigenvalue weighted by atomic mass is 16.3. The van der Waals surface area contributed by atoms with Crippen molar-refractivity contribution >= 4 is 5.78 Å². The van der Waals surface area contributed by atoms with E-state index < -0.39 is 5.60 Å². The molecule has 0 aromatic carbocycles. The Morgan fingerprint density at radius 3 is 2.53 bits per heavy atom. The Hall–Kier alpha value is -1.22. The quantitative estimate of drug-likeness (QED) is 0.771. The van der Waals surface area contributed by atoms with Gasteiger partial charge in [0.1, 0.15) is 5.60 Å². The maximum atomic E-state index is 11.5. The zero-order valence-electron chi connectivity index (χ0n) is 9.45. The van der Waals surface area contributed by atoms with Gasteiger partial charge in [0.2, 0.25) is 0 Å². The van der Waals surface area contributed by atoms with Gasteiger partial charge in [0.15, 0.2) is 5.78 Å². The molecule has 0 saturated heterocycles. The highest BCUT2D eigenvalue weighted by Crippen LogP contribution is 2.17. The zero-order chi connectivity index (χ0) is 11.5. The monoisotopic (exact) mass is 207 g/mol. The van der Waals surface area contributed by atoms with E-state index in [1.807, 2.05) is 6.92 Å². The number of aliphatic hydroxyl groups is 1. The minimum atomic E-state index is -0.952. The number of nitrogens with zero attached hydrogens (tertiary/aromatic N) is 1. The van der Waals surface area contributed by atoms with Gasteiger partial charge in [-0.25, -0.2) is 0 Å². The number of carbonyl (C=O) groups is 1. The predicted molar refractivity (Wildman–Crippen MR) is 58.7 cm³/mol. The van der Waals surface area contributed by atoms with Crippen LogP contribution in [0.5, 0.6) is 0 Å². The highest BCUT2D eigenvalue weighted by molar-refractivity contribution is 5.95. The summed E-state index contributed by atoms with van der Waals surface area (Å²) < 4.78 is 0. The smallest absolute Gasteiger partial charge is 0.164 e. The molecule has 0 saturated carbocycles. The second-order valence-corrected chi connectivity index (χ2v) is 4.16. The van der Waals surface area contributed by atoms with Crippen LogP contribution in [0, 0.1) is 0 Å². The molecule has 0 radical (unpaired) electrons. The Kier molecular flexibility index (Phi) is 3.58. The number of ketones is 1. The van der Waals surface area contributed by atoms with Crippen LogP contribution in [0.1, 0.15) is 49.7 Å². The van der Waals surface area contributed by atoms with Crippen LogP contribution in [0.25, 0.3) is 0 Å². The van der Waals surface area contributed by atoms with Crippen molar-refractivity contribution < 1.29 is 9.90 Å². The number of aromatic nitrogens is 1. The van der Waals surface area contributed by atoms with E-state index in [0.29, 0.717) is 17.7 Å². The number of hydrogen-bond donors (Lipinski definition) is 1. The molecule has 0 aliphatic carbocycles. The minimum absolute atomic E-state index is 0.104. The van der Waals surface area contributed by atoms with Crippen LogP contribution >= 0.6 is 0 Å². The maximum Gasteiger partial charge on any atom is 0.164 e. The molecular formula is C12H17NO2. The van der Waals surface area contributed by atoms with Crippen molar-refractivity contribution in [3.8, 4) is 0 Å². The van der Waals surface area contributed by atoms with E-state index in [1.165, 1.54) is 6.20 Å². The van der Waals surface area contributed by atoms with Crippen LogP contribution in [0.15, 0.2) is 18.3 Å². The number of carbonyl (C=O) groups excluding carboxylic acids is 1. The summed E-state index contributed by atoms with van der Waals surface area (Å²) in [4.78, 5) is 15.6. The second kappa shape index (κ2) is 4.53. The van der Waals surface area contributed by atoms with Crippen LogP contribution in [0.2, 0.25) is 0 Å².